The molecular formula is C13H14FNO3. The van der Waals surface area contributed by atoms with Gasteiger partial charge in [-0.05, 0) is 25.0 Å². The number of carbonyl (C=O) groups is 2. The lowest BCUT2D eigenvalue weighted by atomic mass is 9.94. The number of benzene rings is 1. The third-order valence-electron chi connectivity index (χ3n) is 3.08. The molecule has 1 fully saturated rings. The van der Waals surface area contributed by atoms with Crippen LogP contribution in [0.15, 0.2) is 18.2 Å². The first-order valence-corrected chi connectivity index (χ1v) is 5.87. The van der Waals surface area contributed by atoms with Crippen LogP contribution in [0, 0.1) is 5.82 Å². The lowest BCUT2D eigenvalue weighted by molar-refractivity contribution is -0.120. The Hall–Kier alpha value is -1.91. The molecule has 0 aliphatic heterocycles. The first kappa shape index (κ1) is 12.5. The highest BCUT2D eigenvalue weighted by Gasteiger charge is 2.21. The molecule has 0 unspecified atom stereocenters. The number of aromatic hydroxyl groups is 1. The average molecular weight is 251 g/mol. The second kappa shape index (κ2) is 5.16. The summed E-state index contributed by atoms with van der Waals surface area (Å²) >= 11 is 0. The number of hydrogen-bond donors (Lipinski definition) is 2. The zero-order valence-corrected chi connectivity index (χ0v) is 9.78. The van der Waals surface area contributed by atoms with Gasteiger partial charge in [-0.15, -0.1) is 0 Å². The normalized spacial score (nSPS) is 16.6. The van der Waals surface area contributed by atoms with Crippen molar-refractivity contribution in [2.24, 2.45) is 0 Å². The standard InChI is InChI=1S/C13H14FNO3/c14-8-1-6-11(12(17)7-8)13(18)15-9-2-4-10(16)5-3-9/h1,6-7,9,17H,2-5H2,(H,15,18). The summed E-state index contributed by atoms with van der Waals surface area (Å²) in [5, 5.41) is 12.2. The summed E-state index contributed by atoms with van der Waals surface area (Å²) in [6.45, 7) is 0. The molecule has 0 bridgehead atoms. The molecule has 2 rings (SSSR count). The maximum absolute atomic E-state index is 12.8. The number of rotatable bonds is 2. The van der Waals surface area contributed by atoms with E-state index >= 15 is 0 Å². The van der Waals surface area contributed by atoms with Crippen molar-refractivity contribution < 1.29 is 19.1 Å². The predicted molar refractivity (Wildman–Crippen MR) is 62.8 cm³/mol. The molecule has 5 heteroatoms. The molecule has 0 spiro atoms. The fourth-order valence-electron chi connectivity index (χ4n) is 2.04. The number of amides is 1. The lowest BCUT2D eigenvalue weighted by Gasteiger charge is -2.22. The van der Waals surface area contributed by atoms with Crippen molar-refractivity contribution in [3.8, 4) is 5.75 Å². The van der Waals surface area contributed by atoms with Gasteiger partial charge in [0.1, 0.15) is 17.3 Å². The van der Waals surface area contributed by atoms with E-state index < -0.39 is 11.7 Å². The van der Waals surface area contributed by atoms with Crippen molar-refractivity contribution in [2.75, 3.05) is 0 Å². The molecule has 0 atom stereocenters. The largest absolute Gasteiger partial charge is 0.507 e. The van der Waals surface area contributed by atoms with Crippen LogP contribution in [-0.2, 0) is 4.79 Å². The average Bonchev–Trinajstić information content (AvgIpc) is 2.32. The van der Waals surface area contributed by atoms with Crippen LogP contribution in [0.1, 0.15) is 36.0 Å². The Morgan fingerprint density at radius 3 is 2.61 bits per heavy atom. The van der Waals surface area contributed by atoms with Gasteiger partial charge in [-0.2, -0.15) is 0 Å². The molecule has 0 saturated heterocycles. The molecule has 0 radical (unpaired) electrons. The molecule has 4 nitrogen and oxygen atoms in total. The number of phenolic OH excluding ortho intramolecular Hbond substituents is 1. The maximum atomic E-state index is 12.8. The molecule has 1 amide bonds. The van der Waals surface area contributed by atoms with E-state index in [1.165, 1.54) is 6.07 Å². The van der Waals surface area contributed by atoms with E-state index in [1.807, 2.05) is 0 Å². The van der Waals surface area contributed by atoms with Crippen molar-refractivity contribution >= 4 is 11.7 Å². The first-order valence-electron chi connectivity index (χ1n) is 5.87. The van der Waals surface area contributed by atoms with Crippen LogP contribution in [0.25, 0.3) is 0 Å². The number of carbonyl (C=O) groups excluding carboxylic acids is 2. The summed E-state index contributed by atoms with van der Waals surface area (Å²) in [6, 6.07) is 3.21. The number of ketones is 1. The van der Waals surface area contributed by atoms with Gasteiger partial charge >= 0.3 is 0 Å². The van der Waals surface area contributed by atoms with E-state index in [0.29, 0.717) is 25.7 Å². The van der Waals surface area contributed by atoms with Crippen LogP contribution in [0.3, 0.4) is 0 Å². The van der Waals surface area contributed by atoms with Crippen LogP contribution >= 0.6 is 0 Å². The Bertz CT molecular complexity index is 477. The fourth-order valence-corrected chi connectivity index (χ4v) is 2.04. The van der Waals surface area contributed by atoms with Gasteiger partial charge in [0.05, 0.1) is 5.56 Å². The monoisotopic (exact) mass is 251 g/mol. The number of Topliss-reactive ketones (excluding diaryl/α,β-unsaturated/α-hetero) is 1. The number of hydrogen-bond acceptors (Lipinski definition) is 3. The second-order valence-corrected chi connectivity index (χ2v) is 4.45. The van der Waals surface area contributed by atoms with Gasteiger partial charge in [-0.3, -0.25) is 9.59 Å². The van der Waals surface area contributed by atoms with Crippen LogP contribution in [0.2, 0.25) is 0 Å². The summed E-state index contributed by atoms with van der Waals surface area (Å²) in [5.74, 6) is -1.19. The van der Waals surface area contributed by atoms with E-state index in [0.717, 1.165) is 12.1 Å². The van der Waals surface area contributed by atoms with Gasteiger partial charge in [-0.1, -0.05) is 0 Å². The highest BCUT2D eigenvalue weighted by molar-refractivity contribution is 5.97. The van der Waals surface area contributed by atoms with Gasteiger partial charge in [0, 0.05) is 24.9 Å². The minimum atomic E-state index is -0.590. The van der Waals surface area contributed by atoms with Crippen molar-refractivity contribution in [3.05, 3.63) is 29.6 Å². The molecule has 1 saturated carbocycles. The molecule has 2 N–H and O–H groups in total. The predicted octanol–water partition coefficient (Wildman–Crippen LogP) is 1.77. The highest BCUT2D eigenvalue weighted by atomic mass is 19.1. The van der Waals surface area contributed by atoms with Crippen molar-refractivity contribution in [1.82, 2.24) is 5.32 Å². The molecule has 0 heterocycles. The Morgan fingerprint density at radius 1 is 1.33 bits per heavy atom. The van der Waals surface area contributed by atoms with E-state index in [9.17, 15) is 19.1 Å². The second-order valence-electron chi connectivity index (χ2n) is 4.45. The molecule has 1 aliphatic carbocycles. The Morgan fingerprint density at radius 2 is 2.00 bits per heavy atom. The summed E-state index contributed by atoms with van der Waals surface area (Å²) in [6.07, 6.45) is 2.18. The van der Waals surface area contributed by atoms with Gasteiger partial charge < -0.3 is 10.4 Å². The van der Waals surface area contributed by atoms with E-state index in [2.05, 4.69) is 5.32 Å². The zero-order valence-electron chi connectivity index (χ0n) is 9.78. The number of nitrogens with one attached hydrogen (secondary N) is 1. The lowest BCUT2D eigenvalue weighted by Crippen LogP contribution is -2.37. The maximum Gasteiger partial charge on any atom is 0.255 e. The van der Waals surface area contributed by atoms with Crippen molar-refractivity contribution in [1.29, 1.82) is 0 Å². The summed E-state index contributed by atoms with van der Waals surface area (Å²) in [5.41, 5.74) is 0.0494. The van der Waals surface area contributed by atoms with Crippen molar-refractivity contribution in [3.63, 3.8) is 0 Å². The molecular weight excluding hydrogens is 237 g/mol. The molecule has 96 valence electrons. The van der Waals surface area contributed by atoms with Crippen LogP contribution in [0.4, 0.5) is 4.39 Å². The first-order chi connectivity index (χ1) is 8.56. The van der Waals surface area contributed by atoms with Crippen LogP contribution in [0.5, 0.6) is 5.75 Å². The Labute approximate surface area is 104 Å². The van der Waals surface area contributed by atoms with E-state index in [4.69, 9.17) is 0 Å². The Kier molecular flexibility index (Phi) is 3.60. The molecule has 0 aromatic heterocycles. The van der Waals surface area contributed by atoms with Crippen molar-refractivity contribution in [2.45, 2.75) is 31.7 Å². The summed E-state index contributed by atoms with van der Waals surface area (Å²) in [7, 11) is 0. The highest BCUT2D eigenvalue weighted by Crippen LogP contribution is 2.20. The molecule has 1 aromatic carbocycles. The van der Waals surface area contributed by atoms with Gasteiger partial charge in [0.25, 0.3) is 5.91 Å². The van der Waals surface area contributed by atoms with E-state index in [1.54, 1.807) is 0 Å². The van der Waals surface area contributed by atoms with Crippen LogP contribution < -0.4 is 5.32 Å². The minimum absolute atomic E-state index is 0.0494. The SMILES string of the molecule is O=C1CCC(NC(=O)c2ccc(F)cc2O)CC1. The van der Waals surface area contributed by atoms with E-state index in [-0.39, 0.29) is 23.1 Å². The molecule has 1 aliphatic rings. The van der Waals surface area contributed by atoms with Gasteiger partial charge in [0.15, 0.2) is 0 Å². The van der Waals surface area contributed by atoms with Crippen LogP contribution in [-0.4, -0.2) is 22.8 Å². The third-order valence-corrected chi connectivity index (χ3v) is 3.08. The zero-order chi connectivity index (χ0) is 13.1. The summed E-state index contributed by atoms with van der Waals surface area (Å²) in [4.78, 5) is 22.9. The summed E-state index contributed by atoms with van der Waals surface area (Å²) < 4.78 is 12.8. The minimum Gasteiger partial charge on any atom is -0.507 e. The molecule has 18 heavy (non-hydrogen) atoms. The topological polar surface area (TPSA) is 66.4 Å². The number of halogens is 1. The third kappa shape index (κ3) is 2.85. The van der Waals surface area contributed by atoms with Gasteiger partial charge in [0.2, 0.25) is 0 Å². The molecule has 1 aromatic rings. The quantitative estimate of drug-likeness (QED) is 0.841. The van der Waals surface area contributed by atoms with Gasteiger partial charge in [-0.25, -0.2) is 4.39 Å². The fraction of sp³-hybridized carbons (Fsp3) is 0.385. The smallest absolute Gasteiger partial charge is 0.255 e. The Balaban J connectivity index is 2.01. The number of phenols is 1.